The van der Waals surface area contributed by atoms with E-state index in [0.717, 1.165) is 0 Å². The van der Waals surface area contributed by atoms with Crippen LogP contribution in [0.3, 0.4) is 0 Å². The molecule has 1 rings (SSSR count). The van der Waals surface area contributed by atoms with Crippen LogP contribution in [0.25, 0.3) is 0 Å². The lowest BCUT2D eigenvalue weighted by Gasteiger charge is -2.22. The number of methoxy groups -OCH3 is 1. The summed E-state index contributed by atoms with van der Waals surface area (Å²) in [5.74, 6) is -0.904. The van der Waals surface area contributed by atoms with Crippen molar-refractivity contribution in [2.75, 3.05) is 7.11 Å². The van der Waals surface area contributed by atoms with Crippen LogP contribution < -0.4 is 9.50 Å². The number of amides is 1. The molecule has 140 valence electrons. The third kappa shape index (κ3) is 8.34. The predicted octanol–water partition coefficient (Wildman–Crippen LogP) is 1.89. The predicted molar refractivity (Wildman–Crippen MR) is 86.0 cm³/mol. The van der Waals surface area contributed by atoms with Crippen LogP contribution in [0.4, 0.5) is 8.68 Å². The maximum atomic E-state index is 12.4. The maximum Gasteiger partial charge on any atom is 0.488 e. The molecule has 0 radical (unpaired) electrons. The average Bonchev–Trinajstić information content (AvgIpc) is 2.44. The Morgan fingerprint density at radius 2 is 1.76 bits per heavy atom. The van der Waals surface area contributed by atoms with Crippen LogP contribution in [0.2, 0.25) is 0 Å². The van der Waals surface area contributed by atoms with Gasteiger partial charge in [-0.05, 0) is 38.5 Å². The number of alkyl carbamates (subject to hydrolysis) is 1. The van der Waals surface area contributed by atoms with Crippen molar-refractivity contribution >= 4 is 22.6 Å². The SMILES string of the molecule is COC(=O)C(Cc1ccc(OS(=O)(=O)F)cc1)NC(=O)OC(C)(C)C. The number of rotatable bonds is 6. The Balaban J connectivity index is 2.81. The first kappa shape index (κ1) is 20.7. The van der Waals surface area contributed by atoms with Gasteiger partial charge in [-0.15, -0.1) is 0 Å². The molecule has 0 saturated heterocycles. The largest absolute Gasteiger partial charge is 0.488 e. The van der Waals surface area contributed by atoms with Crippen molar-refractivity contribution in [2.45, 2.75) is 38.8 Å². The lowest BCUT2D eigenvalue weighted by Crippen LogP contribution is -2.45. The van der Waals surface area contributed by atoms with E-state index in [4.69, 9.17) is 4.74 Å². The molecule has 0 heterocycles. The number of ether oxygens (including phenoxy) is 2. The maximum absolute atomic E-state index is 12.4. The molecule has 0 saturated carbocycles. The van der Waals surface area contributed by atoms with Gasteiger partial charge in [0.15, 0.2) is 0 Å². The summed E-state index contributed by atoms with van der Waals surface area (Å²) in [6.07, 6.45) is -0.736. The molecule has 0 bridgehead atoms. The number of nitrogens with one attached hydrogen (secondary N) is 1. The fraction of sp³-hybridized carbons (Fsp3) is 0.467. The normalized spacial score (nSPS) is 12.8. The molecule has 1 atom stereocenters. The summed E-state index contributed by atoms with van der Waals surface area (Å²) in [6, 6.07) is 4.26. The van der Waals surface area contributed by atoms with Gasteiger partial charge in [0, 0.05) is 6.42 Å². The highest BCUT2D eigenvalue weighted by Gasteiger charge is 2.25. The Morgan fingerprint density at radius 3 is 2.20 bits per heavy atom. The second kappa shape index (κ2) is 8.15. The molecule has 1 N–H and O–H groups in total. The van der Waals surface area contributed by atoms with Gasteiger partial charge in [0.2, 0.25) is 0 Å². The molecule has 0 aliphatic heterocycles. The van der Waals surface area contributed by atoms with E-state index in [1.54, 1.807) is 20.8 Å². The van der Waals surface area contributed by atoms with Crippen LogP contribution in [0.15, 0.2) is 24.3 Å². The van der Waals surface area contributed by atoms with Crippen LogP contribution >= 0.6 is 0 Å². The zero-order valence-electron chi connectivity index (χ0n) is 14.2. The molecular weight excluding hydrogens is 357 g/mol. The van der Waals surface area contributed by atoms with Crippen LogP contribution in [-0.2, 0) is 31.2 Å². The number of carbonyl (C=O) groups excluding carboxylic acids is 2. The van der Waals surface area contributed by atoms with Gasteiger partial charge in [-0.3, -0.25) is 0 Å². The molecule has 0 aliphatic rings. The van der Waals surface area contributed by atoms with E-state index in [0.29, 0.717) is 5.56 Å². The minimum absolute atomic E-state index is 0.0502. The minimum Gasteiger partial charge on any atom is -0.467 e. The summed E-state index contributed by atoms with van der Waals surface area (Å²) in [5.41, 5.74) is -0.184. The van der Waals surface area contributed by atoms with E-state index < -0.39 is 34.2 Å². The quantitative estimate of drug-likeness (QED) is 0.596. The smallest absolute Gasteiger partial charge is 0.467 e. The van der Waals surface area contributed by atoms with Crippen molar-refractivity contribution in [1.82, 2.24) is 5.32 Å². The highest BCUT2D eigenvalue weighted by molar-refractivity contribution is 7.81. The molecule has 1 unspecified atom stereocenters. The summed E-state index contributed by atoms with van der Waals surface area (Å²) in [5, 5.41) is 2.40. The Labute approximate surface area is 145 Å². The summed E-state index contributed by atoms with van der Waals surface area (Å²) in [4.78, 5) is 23.6. The van der Waals surface area contributed by atoms with Gasteiger partial charge in [-0.25, -0.2) is 9.59 Å². The molecule has 0 fully saturated rings. The fourth-order valence-corrected chi connectivity index (χ4v) is 2.16. The number of esters is 1. The van der Waals surface area contributed by atoms with E-state index in [1.807, 2.05) is 0 Å². The van der Waals surface area contributed by atoms with Crippen molar-refractivity contribution in [3.8, 4) is 5.75 Å². The molecule has 0 aromatic heterocycles. The number of hydrogen-bond donors (Lipinski definition) is 1. The van der Waals surface area contributed by atoms with Gasteiger partial charge in [-0.2, -0.15) is 8.42 Å². The molecule has 25 heavy (non-hydrogen) atoms. The molecule has 0 spiro atoms. The monoisotopic (exact) mass is 377 g/mol. The van der Waals surface area contributed by atoms with E-state index in [-0.39, 0.29) is 12.2 Å². The number of carbonyl (C=O) groups is 2. The molecule has 8 nitrogen and oxygen atoms in total. The summed E-state index contributed by atoms with van der Waals surface area (Å²) in [7, 11) is -3.94. The third-order valence-electron chi connectivity index (χ3n) is 2.74. The third-order valence-corrected chi connectivity index (χ3v) is 3.13. The lowest BCUT2D eigenvalue weighted by molar-refractivity contribution is -0.143. The lowest BCUT2D eigenvalue weighted by atomic mass is 10.1. The number of benzene rings is 1. The highest BCUT2D eigenvalue weighted by Crippen LogP contribution is 2.16. The second-order valence-corrected chi connectivity index (χ2v) is 7.00. The van der Waals surface area contributed by atoms with E-state index in [2.05, 4.69) is 14.2 Å². The molecule has 1 amide bonds. The van der Waals surface area contributed by atoms with Gasteiger partial charge in [0.05, 0.1) is 7.11 Å². The van der Waals surface area contributed by atoms with Gasteiger partial charge in [-0.1, -0.05) is 16.0 Å². The van der Waals surface area contributed by atoms with Crippen molar-refractivity contribution < 1.29 is 35.5 Å². The van der Waals surface area contributed by atoms with Crippen molar-refractivity contribution in [1.29, 1.82) is 0 Å². The van der Waals surface area contributed by atoms with E-state index >= 15 is 0 Å². The first-order valence-corrected chi connectivity index (χ1v) is 8.51. The molecule has 1 aromatic rings. The van der Waals surface area contributed by atoms with Gasteiger partial charge in [0.25, 0.3) is 0 Å². The van der Waals surface area contributed by atoms with Gasteiger partial charge in [0.1, 0.15) is 17.4 Å². The van der Waals surface area contributed by atoms with Crippen molar-refractivity contribution in [3.63, 3.8) is 0 Å². The summed E-state index contributed by atoms with van der Waals surface area (Å²) < 4.78 is 47.1. The van der Waals surface area contributed by atoms with E-state index in [9.17, 15) is 21.9 Å². The van der Waals surface area contributed by atoms with Crippen LogP contribution in [0.5, 0.6) is 5.75 Å². The Kier molecular flexibility index (Phi) is 6.74. The van der Waals surface area contributed by atoms with Crippen molar-refractivity contribution in [2.24, 2.45) is 0 Å². The number of halogens is 1. The first-order chi connectivity index (χ1) is 11.4. The first-order valence-electron chi connectivity index (χ1n) is 7.20. The van der Waals surface area contributed by atoms with Crippen LogP contribution in [0.1, 0.15) is 26.3 Å². The highest BCUT2D eigenvalue weighted by atomic mass is 32.3. The van der Waals surface area contributed by atoms with Gasteiger partial charge < -0.3 is 19.0 Å². The number of hydrogen-bond acceptors (Lipinski definition) is 7. The van der Waals surface area contributed by atoms with Crippen LogP contribution in [-0.4, -0.2) is 39.2 Å². The standard InChI is InChI=1S/C15H20FNO7S/c1-15(2,3)23-14(19)17-12(13(18)22-4)9-10-5-7-11(8-6-10)24-25(16,20)21/h5-8,12H,9H2,1-4H3,(H,17,19). The molecule has 0 aliphatic carbocycles. The Bertz CT molecular complexity index is 710. The second-order valence-electron chi connectivity index (χ2n) is 6.05. The Hall–Kier alpha value is -2.36. The summed E-state index contributed by atoms with van der Waals surface area (Å²) in [6.45, 7) is 5.03. The molecule has 10 heteroatoms. The van der Waals surface area contributed by atoms with Gasteiger partial charge >= 0.3 is 22.6 Å². The topological polar surface area (TPSA) is 108 Å². The van der Waals surface area contributed by atoms with Crippen LogP contribution in [0, 0.1) is 0 Å². The molecular formula is C15H20FNO7S. The van der Waals surface area contributed by atoms with E-state index in [1.165, 1.54) is 31.4 Å². The average molecular weight is 377 g/mol. The van der Waals surface area contributed by atoms with Crippen molar-refractivity contribution in [3.05, 3.63) is 29.8 Å². The fourth-order valence-electron chi connectivity index (χ4n) is 1.82. The Morgan fingerprint density at radius 1 is 1.20 bits per heavy atom. The summed E-state index contributed by atoms with van der Waals surface area (Å²) >= 11 is 0. The zero-order chi connectivity index (χ0) is 19.3. The molecule has 1 aromatic carbocycles. The zero-order valence-corrected chi connectivity index (χ0v) is 15.1. The minimum atomic E-state index is -5.11.